The first kappa shape index (κ1) is 12.4. The largest absolute Gasteiger partial charge is 0.377 e. The molecule has 1 heterocycles. The molecule has 1 aromatic heterocycles. The molecule has 0 aromatic carbocycles. The summed E-state index contributed by atoms with van der Waals surface area (Å²) in [4.78, 5) is 2.30. The number of nitrogens with zero attached hydrogens (tertiary/aromatic N) is 3. The van der Waals surface area contributed by atoms with E-state index in [1.807, 2.05) is 7.05 Å². The highest BCUT2D eigenvalue weighted by Crippen LogP contribution is 2.17. The maximum absolute atomic E-state index is 4.12. The van der Waals surface area contributed by atoms with Gasteiger partial charge in [-0.2, -0.15) is 0 Å². The lowest BCUT2D eigenvalue weighted by Crippen LogP contribution is -2.19. The van der Waals surface area contributed by atoms with Gasteiger partial charge in [-0.15, -0.1) is 5.10 Å². The molecule has 0 fully saturated rings. The van der Waals surface area contributed by atoms with Crippen LogP contribution in [0, 0.1) is 0 Å². The average Bonchev–Trinajstić information content (AvgIpc) is 2.65. The maximum atomic E-state index is 4.12. The summed E-state index contributed by atoms with van der Waals surface area (Å²) >= 11 is 1.42. The zero-order valence-corrected chi connectivity index (χ0v) is 10.6. The molecule has 0 bridgehead atoms. The SMILES string of the molecule is CCCCCN(C)Cc1nnsc1NC. The van der Waals surface area contributed by atoms with Crippen LogP contribution in [0.4, 0.5) is 5.00 Å². The molecule has 1 rings (SSSR count). The van der Waals surface area contributed by atoms with Crippen LogP contribution in [0.5, 0.6) is 0 Å². The number of aromatic nitrogens is 2. The predicted molar refractivity (Wildman–Crippen MR) is 65.3 cm³/mol. The Morgan fingerprint density at radius 3 is 2.87 bits per heavy atom. The molecule has 0 aliphatic rings. The fourth-order valence-corrected chi connectivity index (χ4v) is 1.99. The van der Waals surface area contributed by atoms with Crippen LogP contribution in [0.3, 0.4) is 0 Å². The molecule has 5 heteroatoms. The van der Waals surface area contributed by atoms with Crippen molar-refractivity contribution in [1.29, 1.82) is 0 Å². The molecule has 0 unspecified atom stereocenters. The Morgan fingerprint density at radius 2 is 2.20 bits per heavy atom. The van der Waals surface area contributed by atoms with Gasteiger partial charge in [0, 0.05) is 25.1 Å². The first-order valence-corrected chi connectivity index (χ1v) is 6.22. The summed E-state index contributed by atoms with van der Waals surface area (Å²) in [7, 11) is 4.05. The van der Waals surface area contributed by atoms with Gasteiger partial charge in [-0.3, -0.25) is 0 Å². The van der Waals surface area contributed by atoms with Gasteiger partial charge in [0.05, 0.1) is 0 Å². The Labute approximate surface area is 95.8 Å². The molecule has 0 saturated carbocycles. The summed E-state index contributed by atoms with van der Waals surface area (Å²) in [6, 6.07) is 0. The van der Waals surface area contributed by atoms with Crippen molar-refractivity contribution < 1.29 is 0 Å². The zero-order chi connectivity index (χ0) is 11.1. The molecule has 0 saturated heterocycles. The minimum Gasteiger partial charge on any atom is -0.377 e. The lowest BCUT2D eigenvalue weighted by atomic mass is 10.2. The summed E-state index contributed by atoms with van der Waals surface area (Å²) in [5, 5.41) is 8.32. The van der Waals surface area contributed by atoms with Crippen molar-refractivity contribution in [3.05, 3.63) is 5.69 Å². The average molecular weight is 228 g/mol. The van der Waals surface area contributed by atoms with Crippen LogP contribution in [-0.4, -0.2) is 35.1 Å². The second-order valence-electron chi connectivity index (χ2n) is 3.74. The van der Waals surface area contributed by atoms with E-state index in [1.165, 1.54) is 30.8 Å². The van der Waals surface area contributed by atoms with Crippen molar-refractivity contribution in [2.24, 2.45) is 0 Å². The topological polar surface area (TPSA) is 41.1 Å². The van der Waals surface area contributed by atoms with Crippen LogP contribution < -0.4 is 5.32 Å². The standard InChI is InChI=1S/C10H20N4S/c1-4-5-6-7-14(3)8-9-10(11-2)15-13-12-9/h11H,4-8H2,1-3H3. The number of hydrogen-bond acceptors (Lipinski definition) is 5. The van der Waals surface area contributed by atoms with Crippen molar-refractivity contribution >= 4 is 16.5 Å². The molecule has 86 valence electrons. The van der Waals surface area contributed by atoms with Crippen molar-refractivity contribution in [3.63, 3.8) is 0 Å². The molecule has 0 radical (unpaired) electrons. The molecule has 15 heavy (non-hydrogen) atoms. The van der Waals surface area contributed by atoms with E-state index in [1.54, 1.807) is 0 Å². The summed E-state index contributed by atoms with van der Waals surface area (Å²) in [5.74, 6) is 0. The molecule has 0 atom stereocenters. The fraction of sp³-hybridized carbons (Fsp3) is 0.800. The van der Waals surface area contributed by atoms with Crippen LogP contribution in [-0.2, 0) is 6.54 Å². The lowest BCUT2D eigenvalue weighted by molar-refractivity contribution is 0.315. The van der Waals surface area contributed by atoms with Gasteiger partial charge >= 0.3 is 0 Å². The van der Waals surface area contributed by atoms with Crippen molar-refractivity contribution in [2.45, 2.75) is 32.7 Å². The third kappa shape index (κ3) is 4.13. The molecule has 0 aliphatic heterocycles. The molecule has 0 amide bonds. The first-order chi connectivity index (χ1) is 7.27. The third-order valence-corrected chi connectivity index (χ3v) is 3.13. The molecule has 1 N–H and O–H groups in total. The summed E-state index contributed by atoms with van der Waals surface area (Å²) < 4.78 is 3.94. The van der Waals surface area contributed by atoms with E-state index in [0.717, 1.165) is 23.8 Å². The van der Waals surface area contributed by atoms with E-state index in [2.05, 4.69) is 33.8 Å². The Morgan fingerprint density at radius 1 is 1.40 bits per heavy atom. The molecular formula is C10H20N4S. The Bertz CT molecular complexity index is 274. The highest BCUT2D eigenvalue weighted by Gasteiger charge is 2.08. The first-order valence-electron chi connectivity index (χ1n) is 5.45. The smallest absolute Gasteiger partial charge is 0.134 e. The predicted octanol–water partition coefficient (Wildman–Crippen LogP) is 2.20. The Hall–Kier alpha value is -0.680. The normalized spacial score (nSPS) is 10.9. The molecular weight excluding hydrogens is 208 g/mol. The van der Waals surface area contributed by atoms with Gasteiger partial charge in [-0.25, -0.2) is 0 Å². The van der Waals surface area contributed by atoms with Gasteiger partial charge in [0.15, 0.2) is 0 Å². The van der Waals surface area contributed by atoms with E-state index < -0.39 is 0 Å². The molecule has 0 spiro atoms. The van der Waals surface area contributed by atoms with Crippen LogP contribution in [0.1, 0.15) is 31.9 Å². The zero-order valence-electron chi connectivity index (χ0n) is 9.79. The molecule has 1 aromatic rings. The quantitative estimate of drug-likeness (QED) is 0.726. The van der Waals surface area contributed by atoms with E-state index in [4.69, 9.17) is 0 Å². The second kappa shape index (κ2) is 6.74. The van der Waals surface area contributed by atoms with Gasteiger partial charge in [0.1, 0.15) is 10.7 Å². The highest BCUT2D eigenvalue weighted by molar-refractivity contribution is 7.10. The van der Waals surface area contributed by atoms with Gasteiger partial charge in [-0.05, 0) is 20.0 Å². The van der Waals surface area contributed by atoms with Gasteiger partial charge < -0.3 is 10.2 Å². The van der Waals surface area contributed by atoms with E-state index >= 15 is 0 Å². The number of anilines is 1. The summed E-state index contributed by atoms with van der Waals surface area (Å²) in [5.41, 5.74) is 1.06. The maximum Gasteiger partial charge on any atom is 0.134 e. The second-order valence-corrected chi connectivity index (χ2v) is 4.50. The molecule has 4 nitrogen and oxygen atoms in total. The number of rotatable bonds is 7. The van der Waals surface area contributed by atoms with E-state index in [-0.39, 0.29) is 0 Å². The van der Waals surface area contributed by atoms with Crippen molar-refractivity contribution in [1.82, 2.24) is 14.5 Å². The number of nitrogens with one attached hydrogen (secondary N) is 1. The Kier molecular flexibility index (Phi) is 5.57. The Balaban J connectivity index is 2.33. The summed E-state index contributed by atoms with van der Waals surface area (Å²) in [6.45, 7) is 4.24. The number of hydrogen-bond donors (Lipinski definition) is 1. The van der Waals surface area contributed by atoms with Crippen molar-refractivity contribution in [2.75, 3.05) is 26.0 Å². The van der Waals surface area contributed by atoms with Crippen molar-refractivity contribution in [3.8, 4) is 0 Å². The van der Waals surface area contributed by atoms with Crippen LogP contribution in [0.15, 0.2) is 0 Å². The minimum absolute atomic E-state index is 0.885. The van der Waals surface area contributed by atoms with Gasteiger partial charge in [0.2, 0.25) is 0 Å². The third-order valence-electron chi connectivity index (χ3n) is 2.35. The van der Waals surface area contributed by atoms with Gasteiger partial charge in [-0.1, -0.05) is 24.3 Å². The summed E-state index contributed by atoms with van der Waals surface area (Å²) in [6.07, 6.45) is 3.84. The fourth-order valence-electron chi connectivity index (χ4n) is 1.47. The monoisotopic (exact) mass is 228 g/mol. The van der Waals surface area contributed by atoms with E-state index in [0.29, 0.717) is 0 Å². The minimum atomic E-state index is 0.885. The van der Waals surface area contributed by atoms with Crippen LogP contribution in [0.25, 0.3) is 0 Å². The van der Waals surface area contributed by atoms with Crippen LogP contribution >= 0.6 is 11.5 Å². The van der Waals surface area contributed by atoms with Crippen LogP contribution in [0.2, 0.25) is 0 Å². The number of unbranched alkanes of at least 4 members (excludes halogenated alkanes) is 2. The van der Waals surface area contributed by atoms with E-state index in [9.17, 15) is 0 Å². The van der Waals surface area contributed by atoms with Gasteiger partial charge in [0.25, 0.3) is 0 Å². The molecule has 0 aliphatic carbocycles. The highest BCUT2D eigenvalue weighted by atomic mass is 32.1. The lowest BCUT2D eigenvalue weighted by Gasteiger charge is -2.15.